The molecule has 1 aromatic carbocycles. The molecule has 0 saturated carbocycles. The quantitative estimate of drug-likeness (QED) is 0.938. The van der Waals surface area contributed by atoms with Crippen molar-refractivity contribution in [1.29, 1.82) is 0 Å². The molecule has 0 bridgehead atoms. The van der Waals surface area contributed by atoms with Gasteiger partial charge >= 0.3 is 0 Å². The molecule has 2 aliphatic rings. The molecule has 24 heavy (non-hydrogen) atoms. The third-order valence-electron chi connectivity index (χ3n) is 5.26. The molecule has 128 valence electrons. The van der Waals surface area contributed by atoms with Crippen LogP contribution in [0.2, 0.25) is 0 Å². The van der Waals surface area contributed by atoms with E-state index < -0.39 is 0 Å². The van der Waals surface area contributed by atoms with Gasteiger partial charge in [0.1, 0.15) is 5.82 Å². The summed E-state index contributed by atoms with van der Waals surface area (Å²) < 4.78 is 8.42. The van der Waals surface area contributed by atoms with Crippen LogP contribution in [0.1, 0.15) is 25.1 Å². The summed E-state index contributed by atoms with van der Waals surface area (Å²) in [4.78, 5) is 6.96. The molecule has 5 nitrogen and oxygen atoms in total. The van der Waals surface area contributed by atoms with Crippen LogP contribution in [-0.2, 0) is 18.3 Å². The number of hydrogen-bond donors (Lipinski definition) is 1. The first-order valence-electron chi connectivity index (χ1n) is 8.87. The highest BCUT2D eigenvalue weighted by molar-refractivity contribution is 5.43. The third-order valence-corrected chi connectivity index (χ3v) is 5.26. The second kappa shape index (κ2) is 6.57. The Morgan fingerprint density at radius 3 is 3.00 bits per heavy atom. The molecule has 3 heterocycles. The molecular formula is C19H26N4O. The van der Waals surface area contributed by atoms with Crippen molar-refractivity contribution in [2.24, 2.45) is 7.05 Å². The monoisotopic (exact) mass is 326 g/mol. The first-order chi connectivity index (χ1) is 11.7. The SMILES string of the molecule is Cn1ccnc1CN1CCC[C@@]2(C[C@H](Nc3ccccc3)CO2)C1. The molecule has 1 spiro atoms. The van der Waals surface area contributed by atoms with Crippen molar-refractivity contribution in [3.8, 4) is 0 Å². The van der Waals surface area contributed by atoms with Crippen molar-refractivity contribution in [2.45, 2.75) is 37.5 Å². The third kappa shape index (κ3) is 3.32. The van der Waals surface area contributed by atoms with Crippen molar-refractivity contribution in [3.05, 3.63) is 48.5 Å². The van der Waals surface area contributed by atoms with Gasteiger partial charge in [0.25, 0.3) is 0 Å². The van der Waals surface area contributed by atoms with Crippen molar-refractivity contribution >= 4 is 5.69 Å². The first-order valence-corrected chi connectivity index (χ1v) is 8.87. The lowest BCUT2D eigenvalue weighted by atomic mass is 9.88. The van der Waals surface area contributed by atoms with Crippen LogP contribution in [0.15, 0.2) is 42.7 Å². The number of rotatable bonds is 4. The van der Waals surface area contributed by atoms with Gasteiger partial charge in [0.2, 0.25) is 0 Å². The Kier molecular flexibility index (Phi) is 4.29. The molecule has 4 rings (SSSR count). The molecule has 5 heteroatoms. The molecule has 0 unspecified atom stereocenters. The number of ether oxygens (including phenoxy) is 1. The van der Waals surface area contributed by atoms with Gasteiger partial charge in [-0.3, -0.25) is 4.90 Å². The van der Waals surface area contributed by atoms with E-state index in [1.54, 1.807) is 0 Å². The standard InChI is InChI=1S/C19H26N4O/c1-22-11-9-20-18(22)13-23-10-5-8-19(15-23)12-17(14-24-19)21-16-6-3-2-4-7-16/h2-4,6-7,9,11,17,21H,5,8,10,12-15H2,1H3/t17-,19+/m0/s1. The highest BCUT2D eigenvalue weighted by atomic mass is 16.5. The van der Waals surface area contributed by atoms with E-state index in [4.69, 9.17) is 4.74 Å². The van der Waals surface area contributed by atoms with Gasteiger partial charge in [-0.15, -0.1) is 0 Å². The van der Waals surface area contributed by atoms with Crippen LogP contribution in [-0.4, -0.2) is 45.8 Å². The topological polar surface area (TPSA) is 42.3 Å². The molecule has 2 aliphatic heterocycles. The Bertz CT molecular complexity index is 671. The van der Waals surface area contributed by atoms with Crippen LogP contribution in [0.25, 0.3) is 0 Å². The van der Waals surface area contributed by atoms with Gasteiger partial charge in [0, 0.05) is 31.7 Å². The number of likely N-dealkylation sites (tertiary alicyclic amines) is 1. The Morgan fingerprint density at radius 2 is 2.21 bits per heavy atom. The Labute approximate surface area is 143 Å². The Balaban J connectivity index is 1.38. The second-order valence-corrected chi connectivity index (χ2v) is 7.17. The van der Waals surface area contributed by atoms with Gasteiger partial charge in [-0.25, -0.2) is 4.98 Å². The predicted octanol–water partition coefficient (Wildman–Crippen LogP) is 2.66. The second-order valence-electron chi connectivity index (χ2n) is 7.17. The largest absolute Gasteiger partial charge is 0.380 e. The summed E-state index contributed by atoms with van der Waals surface area (Å²) in [5.74, 6) is 1.13. The number of aromatic nitrogens is 2. The molecule has 2 saturated heterocycles. The molecule has 0 aliphatic carbocycles. The van der Waals surface area contributed by atoms with E-state index in [1.807, 2.05) is 12.4 Å². The predicted molar refractivity (Wildman–Crippen MR) is 94.9 cm³/mol. The first kappa shape index (κ1) is 15.7. The van der Waals surface area contributed by atoms with Crippen LogP contribution in [0.5, 0.6) is 0 Å². The molecular weight excluding hydrogens is 300 g/mol. The van der Waals surface area contributed by atoms with E-state index in [-0.39, 0.29) is 5.60 Å². The van der Waals surface area contributed by atoms with Crippen LogP contribution in [0.4, 0.5) is 5.69 Å². The number of anilines is 1. The van der Waals surface area contributed by atoms with Crippen molar-refractivity contribution in [3.63, 3.8) is 0 Å². The lowest BCUT2D eigenvalue weighted by Gasteiger charge is -2.39. The summed E-state index contributed by atoms with van der Waals surface area (Å²) in [7, 11) is 2.06. The number of nitrogens with one attached hydrogen (secondary N) is 1. The number of piperidine rings is 1. The normalized spacial score (nSPS) is 27.6. The number of benzene rings is 1. The molecule has 0 amide bonds. The van der Waals surface area contributed by atoms with Crippen molar-refractivity contribution < 1.29 is 4.74 Å². The summed E-state index contributed by atoms with van der Waals surface area (Å²) in [6.07, 6.45) is 7.33. The number of imidazole rings is 1. The van der Waals surface area contributed by atoms with E-state index in [1.165, 1.54) is 12.1 Å². The fourth-order valence-electron chi connectivity index (χ4n) is 4.07. The number of para-hydroxylation sites is 1. The minimum Gasteiger partial charge on any atom is -0.380 e. The van der Waals surface area contributed by atoms with E-state index in [2.05, 4.69) is 57.1 Å². The van der Waals surface area contributed by atoms with Gasteiger partial charge in [-0.1, -0.05) is 18.2 Å². The molecule has 2 atom stereocenters. The summed E-state index contributed by atoms with van der Waals surface area (Å²) in [6.45, 7) is 3.85. The minimum atomic E-state index is 0.00978. The molecule has 0 radical (unpaired) electrons. The average Bonchev–Trinajstić information content (AvgIpc) is 3.16. The van der Waals surface area contributed by atoms with Gasteiger partial charge in [0.05, 0.1) is 24.8 Å². The van der Waals surface area contributed by atoms with Crippen LogP contribution >= 0.6 is 0 Å². The zero-order chi connectivity index (χ0) is 16.4. The number of nitrogens with zero attached hydrogens (tertiary/aromatic N) is 3. The Morgan fingerprint density at radius 1 is 1.33 bits per heavy atom. The van der Waals surface area contributed by atoms with Crippen molar-refractivity contribution in [1.82, 2.24) is 14.5 Å². The summed E-state index contributed by atoms with van der Waals surface area (Å²) in [5.41, 5.74) is 1.19. The fourth-order valence-corrected chi connectivity index (χ4v) is 4.07. The Hall–Kier alpha value is -1.85. The van der Waals surface area contributed by atoms with E-state index in [0.717, 1.165) is 44.9 Å². The molecule has 1 aromatic heterocycles. The maximum atomic E-state index is 6.31. The van der Waals surface area contributed by atoms with E-state index >= 15 is 0 Å². The van der Waals surface area contributed by atoms with Crippen LogP contribution < -0.4 is 5.32 Å². The van der Waals surface area contributed by atoms with Crippen LogP contribution in [0.3, 0.4) is 0 Å². The molecule has 2 aromatic rings. The maximum Gasteiger partial charge on any atom is 0.122 e. The number of aryl methyl sites for hydroxylation is 1. The van der Waals surface area contributed by atoms with E-state index in [0.29, 0.717) is 6.04 Å². The zero-order valence-corrected chi connectivity index (χ0v) is 14.3. The van der Waals surface area contributed by atoms with Crippen LogP contribution in [0, 0.1) is 0 Å². The summed E-state index contributed by atoms with van der Waals surface area (Å²) >= 11 is 0. The van der Waals surface area contributed by atoms with E-state index in [9.17, 15) is 0 Å². The highest BCUT2D eigenvalue weighted by Crippen LogP contribution is 2.36. The smallest absolute Gasteiger partial charge is 0.122 e. The number of hydrogen-bond acceptors (Lipinski definition) is 4. The lowest BCUT2D eigenvalue weighted by molar-refractivity contribution is -0.0539. The van der Waals surface area contributed by atoms with Gasteiger partial charge in [-0.05, 0) is 37.9 Å². The summed E-state index contributed by atoms with van der Waals surface area (Å²) in [6, 6.07) is 10.8. The van der Waals surface area contributed by atoms with Gasteiger partial charge in [-0.2, -0.15) is 0 Å². The molecule has 1 N–H and O–H groups in total. The minimum absolute atomic E-state index is 0.00978. The van der Waals surface area contributed by atoms with Crippen molar-refractivity contribution in [2.75, 3.05) is 25.0 Å². The lowest BCUT2D eigenvalue weighted by Crippen LogP contribution is -2.48. The fraction of sp³-hybridized carbons (Fsp3) is 0.526. The van der Waals surface area contributed by atoms with Gasteiger partial charge < -0.3 is 14.6 Å². The van der Waals surface area contributed by atoms with Gasteiger partial charge in [0.15, 0.2) is 0 Å². The summed E-state index contributed by atoms with van der Waals surface area (Å²) in [5, 5.41) is 3.62. The average molecular weight is 326 g/mol. The zero-order valence-electron chi connectivity index (χ0n) is 14.3. The highest BCUT2D eigenvalue weighted by Gasteiger charge is 2.43. The molecule has 2 fully saturated rings. The maximum absolute atomic E-state index is 6.31.